The highest BCUT2D eigenvalue weighted by Gasteiger charge is 2.20. The van der Waals surface area contributed by atoms with E-state index in [9.17, 15) is 4.79 Å². The molecule has 0 aliphatic carbocycles. The van der Waals surface area contributed by atoms with E-state index in [1.807, 2.05) is 6.07 Å². The number of amides is 1. The molecule has 108 valence electrons. The Morgan fingerprint density at radius 1 is 1.45 bits per heavy atom. The lowest BCUT2D eigenvalue weighted by molar-refractivity contribution is -0.118. The highest BCUT2D eigenvalue weighted by Crippen LogP contribution is 2.29. The lowest BCUT2D eigenvalue weighted by Crippen LogP contribution is -2.21. The van der Waals surface area contributed by atoms with Crippen molar-refractivity contribution in [3.05, 3.63) is 29.6 Å². The van der Waals surface area contributed by atoms with Gasteiger partial charge in [-0.3, -0.25) is 4.79 Å². The summed E-state index contributed by atoms with van der Waals surface area (Å²) in [5, 5.41) is 0. The third-order valence-electron chi connectivity index (χ3n) is 3.94. The molecule has 20 heavy (non-hydrogen) atoms. The van der Waals surface area contributed by atoms with Gasteiger partial charge in [-0.1, -0.05) is 26.8 Å². The predicted molar refractivity (Wildman–Crippen MR) is 80.2 cm³/mol. The number of hydrogen-bond acceptors (Lipinski definition) is 3. The molecule has 0 bridgehead atoms. The number of imidazole rings is 1. The Kier molecular flexibility index (Phi) is 3.81. The molecule has 1 aromatic heterocycles. The van der Waals surface area contributed by atoms with E-state index in [0.717, 1.165) is 17.5 Å². The first-order chi connectivity index (χ1) is 9.33. The van der Waals surface area contributed by atoms with Gasteiger partial charge in [0.25, 0.3) is 0 Å². The normalized spacial score (nSPS) is 13.6. The third-order valence-corrected chi connectivity index (χ3v) is 3.94. The van der Waals surface area contributed by atoms with Crippen LogP contribution in [-0.2, 0) is 10.2 Å². The van der Waals surface area contributed by atoms with Crippen LogP contribution in [0.1, 0.15) is 51.0 Å². The fraction of sp³-hybridized carbons (Fsp3) is 0.467. The summed E-state index contributed by atoms with van der Waals surface area (Å²) in [6.07, 6.45) is 1.14. The number of carbonyl (C=O) groups excluding carboxylic acids is 1. The fourth-order valence-electron chi connectivity index (χ4n) is 2.14. The molecular formula is C15H22N4O. The number of nitrogens with two attached hydrogens (primary N) is 2. The summed E-state index contributed by atoms with van der Waals surface area (Å²) >= 11 is 0. The molecule has 0 radical (unpaired) electrons. The van der Waals surface area contributed by atoms with Gasteiger partial charge in [0.2, 0.25) is 5.91 Å². The molecule has 5 nitrogen and oxygen atoms in total. The Morgan fingerprint density at radius 2 is 2.15 bits per heavy atom. The molecule has 5 N–H and O–H groups in total. The second-order valence-electron chi connectivity index (χ2n) is 5.87. The zero-order valence-electron chi connectivity index (χ0n) is 12.2. The molecular weight excluding hydrogens is 252 g/mol. The number of H-pyrrole nitrogens is 1. The Morgan fingerprint density at radius 3 is 2.75 bits per heavy atom. The standard InChI is InChI=1S/C15H22N4O/c1-4-15(2,3)9-5-6-11-12(7-9)19-14(18-11)10(16)8-13(17)20/h5-7,10H,4,8,16H2,1-3H3,(H2,17,20)(H,18,19)/t10-/m0/s1. The summed E-state index contributed by atoms with van der Waals surface area (Å²) in [5.41, 5.74) is 14.2. The predicted octanol–water partition coefficient (Wildman–Crippen LogP) is 2.13. The van der Waals surface area contributed by atoms with Gasteiger partial charge in [0.05, 0.1) is 17.1 Å². The van der Waals surface area contributed by atoms with Gasteiger partial charge in [0.15, 0.2) is 0 Å². The lowest BCUT2D eigenvalue weighted by Gasteiger charge is -2.23. The quantitative estimate of drug-likeness (QED) is 0.779. The summed E-state index contributed by atoms with van der Waals surface area (Å²) < 4.78 is 0. The molecule has 0 aliphatic rings. The topological polar surface area (TPSA) is 97.8 Å². The molecule has 0 fully saturated rings. The maximum atomic E-state index is 10.9. The number of fused-ring (bicyclic) bond motifs is 1. The molecule has 2 aromatic rings. The molecule has 0 aliphatic heterocycles. The van der Waals surface area contributed by atoms with Crippen LogP contribution >= 0.6 is 0 Å². The second kappa shape index (κ2) is 5.25. The third kappa shape index (κ3) is 2.82. The molecule has 0 saturated heterocycles. The average molecular weight is 274 g/mol. The van der Waals surface area contributed by atoms with E-state index in [0.29, 0.717) is 5.82 Å². The number of primary amides is 1. The van der Waals surface area contributed by atoms with Gasteiger partial charge in [-0.05, 0) is 29.5 Å². The Balaban J connectivity index is 2.37. The zero-order valence-corrected chi connectivity index (χ0v) is 12.2. The Bertz CT molecular complexity index is 630. The number of hydrogen-bond donors (Lipinski definition) is 3. The average Bonchev–Trinajstić information content (AvgIpc) is 2.80. The van der Waals surface area contributed by atoms with Crippen LogP contribution in [0.25, 0.3) is 11.0 Å². The zero-order chi connectivity index (χ0) is 14.9. The van der Waals surface area contributed by atoms with Crippen molar-refractivity contribution in [2.75, 3.05) is 0 Å². The van der Waals surface area contributed by atoms with Gasteiger partial charge in [0, 0.05) is 6.42 Å². The first-order valence-electron chi connectivity index (χ1n) is 6.87. The summed E-state index contributed by atoms with van der Waals surface area (Å²) in [6, 6.07) is 5.71. The first-order valence-corrected chi connectivity index (χ1v) is 6.87. The van der Waals surface area contributed by atoms with Crippen LogP contribution < -0.4 is 11.5 Å². The maximum Gasteiger partial charge on any atom is 0.219 e. The smallest absolute Gasteiger partial charge is 0.219 e. The number of aromatic amines is 1. The molecule has 0 spiro atoms. The minimum Gasteiger partial charge on any atom is -0.370 e. The maximum absolute atomic E-state index is 10.9. The molecule has 1 amide bonds. The van der Waals surface area contributed by atoms with Crippen LogP contribution in [0.15, 0.2) is 18.2 Å². The monoisotopic (exact) mass is 274 g/mol. The summed E-state index contributed by atoms with van der Waals surface area (Å²) in [5.74, 6) is 0.177. The molecule has 2 rings (SSSR count). The van der Waals surface area contributed by atoms with Crippen LogP contribution in [0.2, 0.25) is 0 Å². The highest BCUT2D eigenvalue weighted by molar-refractivity contribution is 5.77. The number of nitrogens with zero attached hydrogens (tertiary/aromatic N) is 1. The van der Waals surface area contributed by atoms with Crippen LogP contribution in [0.5, 0.6) is 0 Å². The van der Waals surface area contributed by atoms with E-state index in [2.05, 4.69) is 42.9 Å². The number of rotatable bonds is 5. The number of aromatic nitrogens is 2. The molecule has 1 heterocycles. The van der Waals surface area contributed by atoms with Gasteiger partial charge in [-0.15, -0.1) is 0 Å². The van der Waals surface area contributed by atoms with Crippen molar-refractivity contribution in [2.24, 2.45) is 11.5 Å². The minimum atomic E-state index is -0.484. The molecule has 1 atom stereocenters. The number of carbonyl (C=O) groups is 1. The van der Waals surface area contributed by atoms with Gasteiger partial charge in [-0.25, -0.2) is 4.98 Å². The SMILES string of the molecule is CCC(C)(C)c1ccc2[nH]c([C@@H](N)CC(N)=O)nc2c1. The summed E-state index contributed by atoms with van der Waals surface area (Å²) in [4.78, 5) is 18.6. The van der Waals surface area contributed by atoms with Crippen LogP contribution in [-0.4, -0.2) is 15.9 Å². The summed E-state index contributed by atoms with van der Waals surface area (Å²) in [7, 11) is 0. The van der Waals surface area contributed by atoms with Crippen molar-refractivity contribution >= 4 is 16.9 Å². The number of benzene rings is 1. The van der Waals surface area contributed by atoms with E-state index >= 15 is 0 Å². The second-order valence-corrected chi connectivity index (χ2v) is 5.87. The van der Waals surface area contributed by atoms with E-state index in [1.54, 1.807) is 0 Å². The molecule has 5 heteroatoms. The van der Waals surface area contributed by atoms with Crippen LogP contribution in [0.4, 0.5) is 0 Å². The van der Waals surface area contributed by atoms with Gasteiger partial charge in [-0.2, -0.15) is 0 Å². The Hall–Kier alpha value is -1.88. The van der Waals surface area contributed by atoms with Crippen LogP contribution in [0, 0.1) is 0 Å². The molecule has 0 unspecified atom stereocenters. The molecule has 0 saturated carbocycles. The lowest BCUT2D eigenvalue weighted by atomic mass is 9.82. The van der Waals surface area contributed by atoms with Crippen molar-refractivity contribution < 1.29 is 4.79 Å². The minimum absolute atomic E-state index is 0.0904. The van der Waals surface area contributed by atoms with Crippen LogP contribution in [0.3, 0.4) is 0 Å². The van der Waals surface area contributed by atoms with E-state index in [-0.39, 0.29) is 11.8 Å². The number of nitrogens with one attached hydrogen (secondary N) is 1. The van der Waals surface area contributed by atoms with Gasteiger partial charge >= 0.3 is 0 Å². The van der Waals surface area contributed by atoms with Crippen molar-refractivity contribution in [3.8, 4) is 0 Å². The van der Waals surface area contributed by atoms with E-state index in [1.165, 1.54) is 5.56 Å². The highest BCUT2D eigenvalue weighted by atomic mass is 16.1. The Labute approximate surface area is 118 Å². The largest absolute Gasteiger partial charge is 0.370 e. The first kappa shape index (κ1) is 14.5. The van der Waals surface area contributed by atoms with E-state index < -0.39 is 11.9 Å². The van der Waals surface area contributed by atoms with Crippen molar-refractivity contribution in [3.63, 3.8) is 0 Å². The van der Waals surface area contributed by atoms with Gasteiger partial charge in [0.1, 0.15) is 5.82 Å². The van der Waals surface area contributed by atoms with Crippen molar-refractivity contribution in [1.82, 2.24) is 9.97 Å². The van der Waals surface area contributed by atoms with Crippen molar-refractivity contribution in [2.45, 2.75) is 45.1 Å². The van der Waals surface area contributed by atoms with Gasteiger partial charge < -0.3 is 16.5 Å². The fourth-order valence-corrected chi connectivity index (χ4v) is 2.14. The van der Waals surface area contributed by atoms with Crippen molar-refractivity contribution in [1.29, 1.82) is 0 Å². The van der Waals surface area contributed by atoms with E-state index in [4.69, 9.17) is 11.5 Å². The molecule has 1 aromatic carbocycles. The summed E-state index contributed by atoms with van der Waals surface area (Å²) in [6.45, 7) is 6.59.